The van der Waals surface area contributed by atoms with Gasteiger partial charge in [0.15, 0.2) is 17.5 Å². The zero-order valence-electron chi connectivity index (χ0n) is 31.3. The average molecular weight is 756 g/mol. The molecule has 0 N–H and O–H groups in total. The summed E-state index contributed by atoms with van der Waals surface area (Å²) in [5, 5.41) is 10.7. The molecule has 0 spiro atoms. The van der Waals surface area contributed by atoms with Crippen LogP contribution in [0.1, 0.15) is 0 Å². The third-order valence-corrected chi connectivity index (χ3v) is 11.7. The normalized spacial score (nSPS) is 12.1. The summed E-state index contributed by atoms with van der Waals surface area (Å²) in [4.78, 5) is 15.8. The summed E-state index contributed by atoms with van der Waals surface area (Å²) in [6, 6.07) is 60.5. The number of rotatable bonds is 4. The Kier molecular flexibility index (Phi) is 6.63. The maximum atomic E-state index is 6.61. The minimum absolute atomic E-state index is 0.554. The molecule has 0 aliphatic heterocycles. The lowest BCUT2D eigenvalue weighted by Gasteiger charge is -2.11. The molecule has 4 heterocycles. The molecule has 13 aromatic rings. The Morgan fingerprint density at radius 1 is 0.271 bits per heavy atom. The largest absolute Gasteiger partial charge is 0.456 e. The molecule has 0 radical (unpaired) electrons. The Morgan fingerprint density at radius 2 is 0.763 bits per heavy atom. The van der Waals surface area contributed by atoms with Gasteiger partial charge < -0.3 is 13.3 Å². The summed E-state index contributed by atoms with van der Waals surface area (Å²) >= 11 is 0. The molecule has 13 rings (SSSR count). The van der Waals surface area contributed by atoms with Crippen molar-refractivity contribution in [3.8, 4) is 45.3 Å². The molecule has 4 aromatic heterocycles. The van der Waals surface area contributed by atoms with Crippen LogP contribution in [0.25, 0.3) is 133 Å². The second-order valence-electron chi connectivity index (χ2n) is 15.1. The van der Waals surface area contributed by atoms with Crippen molar-refractivity contribution in [2.75, 3.05) is 0 Å². The molecule has 0 amide bonds. The SMILES string of the molecule is c1ccc2cc(-c3ccc4c(c3)oc3cccc(-c5nc(-c6ccc7c(ccc8oc9ccccc9c87)c6)nc(-c6cccc7oc8ccccc8c67)n5)c34)ccc2c1. The van der Waals surface area contributed by atoms with Crippen LogP contribution in [0, 0.1) is 0 Å². The van der Waals surface area contributed by atoms with E-state index in [9.17, 15) is 0 Å². The zero-order valence-corrected chi connectivity index (χ0v) is 31.3. The van der Waals surface area contributed by atoms with Crippen molar-refractivity contribution in [3.63, 3.8) is 0 Å². The summed E-state index contributed by atoms with van der Waals surface area (Å²) in [6.45, 7) is 0. The highest BCUT2D eigenvalue weighted by atomic mass is 16.3. The Balaban J connectivity index is 1.03. The fourth-order valence-corrected chi connectivity index (χ4v) is 8.96. The molecule has 0 saturated heterocycles. The van der Waals surface area contributed by atoms with Crippen molar-refractivity contribution in [1.82, 2.24) is 15.0 Å². The van der Waals surface area contributed by atoms with Crippen molar-refractivity contribution in [1.29, 1.82) is 0 Å². The third kappa shape index (κ3) is 4.90. The summed E-state index contributed by atoms with van der Waals surface area (Å²) in [5.41, 5.74) is 9.73. The Morgan fingerprint density at radius 3 is 1.51 bits per heavy atom. The van der Waals surface area contributed by atoms with Crippen LogP contribution in [0.15, 0.2) is 189 Å². The Labute approximate surface area is 335 Å². The van der Waals surface area contributed by atoms with E-state index in [1.54, 1.807) is 0 Å². The quantitative estimate of drug-likeness (QED) is 0.178. The standard InChI is InChI=1S/C53H29N3O3/c1-2-10-31-27-32(20-19-30(31)9-1)33-21-25-39-47(29-33)59-45-18-8-14-41(50(39)45)53-55-51(54-52(56-53)40-13-7-17-44-49(40)38-12-4-6-16-43(38)57-44)35-22-24-36-34(28-35)23-26-46-48(36)37-11-3-5-15-42(37)58-46/h1-29H. The van der Waals surface area contributed by atoms with E-state index in [2.05, 4.69) is 115 Å². The van der Waals surface area contributed by atoms with Crippen LogP contribution < -0.4 is 0 Å². The van der Waals surface area contributed by atoms with Crippen molar-refractivity contribution in [2.45, 2.75) is 0 Å². The predicted octanol–water partition coefficient (Wildman–Crippen LogP) is 14.5. The number of benzene rings is 9. The van der Waals surface area contributed by atoms with Gasteiger partial charge in [0.1, 0.15) is 33.5 Å². The number of hydrogen-bond donors (Lipinski definition) is 0. The zero-order chi connectivity index (χ0) is 38.6. The number of furan rings is 3. The molecule has 0 bridgehead atoms. The van der Waals surface area contributed by atoms with E-state index in [1.165, 1.54) is 10.8 Å². The molecule has 0 atom stereocenters. The fourth-order valence-electron chi connectivity index (χ4n) is 8.96. The Bertz CT molecular complexity index is 3870. The molecule has 6 heteroatoms. The van der Waals surface area contributed by atoms with Gasteiger partial charge in [-0.15, -0.1) is 0 Å². The lowest BCUT2D eigenvalue weighted by atomic mass is 9.99. The van der Waals surface area contributed by atoms with E-state index in [0.29, 0.717) is 17.5 Å². The predicted molar refractivity (Wildman–Crippen MR) is 238 cm³/mol. The Hall–Kier alpha value is -8.09. The first-order valence-corrected chi connectivity index (χ1v) is 19.7. The molecule has 0 fully saturated rings. The first-order valence-electron chi connectivity index (χ1n) is 19.7. The lowest BCUT2D eigenvalue weighted by molar-refractivity contribution is 0.668. The summed E-state index contributed by atoms with van der Waals surface area (Å²) < 4.78 is 19.1. The topological polar surface area (TPSA) is 78.1 Å². The molecule has 9 aromatic carbocycles. The van der Waals surface area contributed by atoms with Gasteiger partial charge in [0.2, 0.25) is 0 Å². The van der Waals surface area contributed by atoms with E-state index in [0.717, 1.165) is 104 Å². The van der Waals surface area contributed by atoms with Gasteiger partial charge in [-0.3, -0.25) is 0 Å². The van der Waals surface area contributed by atoms with Crippen LogP contribution in [0.3, 0.4) is 0 Å². The lowest BCUT2D eigenvalue weighted by Crippen LogP contribution is -2.00. The third-order valence-electron chi connectivity index (χ3n) is 11.7. The highest BCUT2D eigenvalue weighted by Gasteiger charge is 2.21. The minimum Gasteiger partial charge on any atom is -0.456 e. The van der Waals surface area contributed by atoms with Crippen LogP contribution in [-0.4, -0.2) is 15.0 Å². The van der Waals surface area contributed by atoms with Crippen molar-refractivity contribution in [3.05, 3.63) is 176 Å². The van der Waals surface area contributed by atoms with Crippen molar-refractivity contribution in [2.24, 2.45) is 0 Å². The first kappa shape index (κ1) is 32.0. The number of fused-ring (bicyclic) bond motifs is 12. The summed E-state index contributed by atoms with van der Waals surface area (Å²) in [6.07, 6.45) is 0. The highest BCUT2D eigenvalue weighted by Crippen LogP contribution is 2.41. The maximum Gasteiger partial charge on any atom is 0.164 e. The van der Waals surface area contributed by atoms with E-state index < -0.39 is 0 Å². The van der Waals surface area contributed by atoms with E-state index >= 15 is 0 Å². The molecule has 59 heavy (non-hydrogen) atoms. The minimum atomic E-state index is 0.554. The molecule has 6 nitrogen and oxygen atoms in total. The van der Waals surface area contributed by atoms with Crippen LogP contribution in [-0.2, 0) is 0 Å². The highest BCUT2D eigenvalue weighted by molar-refractivity contribution is 6.19. The molecular formula is C53H29N3O3. The van der Waals surface area contributed by atoms with Crippen LogP contribution in [0.2, 0.25) is 0 Å². The maximum absolute atomic E-state index is 6.61. The van der Waals surface area contributed by atoms with Gasteiger partial charge in [-0.1, -0.05) is 121 Å². The van der Waals surface area contributed by atoms with Gasteiger partial charge in [-0.05, 0) is 87.3 Å². The van der Waals surface area contributed by atoms with Crippen LogP contribution in [0.5, 0.6) is 0 Å². The van der Waals surface area contributed by atoms with Gasteiger partial charge in [0.05, 0.1) is 0 Å². The van der Waals surface area contributed by atoms with E-state index in [-0.39, 0.29) is 0 Å². The molecule has 0 aliphatic carbocycles. The molecule has 0 aliphatic rings. The molecule has 0 saturated carbocycles. The van der Waals surface area contributed by atoms with Crippen LogP contribution in [0.4, 0.5) is 0 Å². The summed E-state index contributed by atoms with van der Waals surface area (Å²) in [5.74, 6) is 1.68. The second kappa shape index (κ2) is 12.2. The van der Waals surface area contributed by atoms with Crippen molar-refractivity contribution >= 4 is 87.4 Å². The van der Waals surface area contributed by atoms with Gasteiger partial charge in [0.25, 0.3) is 0 Å². The van der Waals surface area contributed by atoms with Gasteiger partial charge in [-0.25, -0.2) is 15.0 Å². The van der Waals surface area contributed by atoms with Gasteiger partial charge in [-0.2, -0.15) is 0 Å². The fraction of sp³-hybridized carbons (Fsp3) is 0. The molecular weight excluding hydrogens is 727 g/mol. The number of aromatic nitrogens is 3. The van der Waals surface area contributed by atoms with E-state index in [4.69, 9.17) is 28.2 Å². The molecule has 0 unspecified atom stereocenters. The second-order valence-corrected chi connectivity index (χ2v) is 15.1. The van der Waals surface area contributed by atoms with Gasteiger partial charge in [0, 0.05) is 49.0 Å². The van der Waals surface area contributed by atoms with E-state index in [1.807, 2.05) is 60.7 Å². The number of hydrogen-bond acceptors (Lipinski definition) is 6. The first-order chi connectivity index (χ1) is 29.2. The number of para-hydroxylation sites is 2. The van der Waals surface area contributed by atoms with Gasteiger partial charge >= 0.3 is 0 Å². The van der Waals surface area contributed by atoms with Crippen LogP contribution >= 0.6 is 0 Å². The average Bonchev–Trinajstić information content (AvgIpc) is 3.99. The monoisotopic (exact) mass is 755 g/mol. The molecule has 274 valence electrons. The summed E-state index contributed by atoms with van der Waals surface area (Å²) in [7, 11) is 0. The smallest absolute Gasteiger partial charge is 0.164 e. The number of nitrogens with zero attached hydrogens (tertiary/aromatic N) is 3. The van der Waals surface area contributed by atoms with Crippen molar-refractivity contribution < 1.29 is 13.3 Å².